The highest BCUT2D eigenvalue weighted by Crippen LogP contribution is 2.26. The van der Waals surface area contributed by atoms with Gasteiger partial charge in [-0.05, 0) is 46.7 Å². The second-order valence-electron chi connectivity index (χ2n) is 3.43. The third-order valence-electron chi connectivity index (χ3n) is 2.13. The van der Waals surface area contributed by atoms with E-state index in [-0.39, 0.29) is 17.7 Å². The lowest BCUT2D eigenvalue weighted by molar-refractivity contribution is -0.138. The number of carbonyl (C=O) groups is 2. The molecule has 0 saturated carbocycles. The number of hydrogen-bond donors (Lipinski definition) is 4. The summed E-state index contributed by atoms with van der Waals surface area (Å²) < 4.78 is 0.343. The molecule has 1 atom stereocenters. The van der Waals surface area contributed by atoms with Gasteiger partial charge in [0.05, 0.1) is 3.57 Å². The molecule has 0 spiro atoms. The SMILES string of the molecule is NC(Cc1cc(I)c(O)c(C(=O)O)c1)C(=O)O. The van der Waals surface area contributed by atoms with E-state index >= 15 is 0 Å². The predicted molar refractivity (Wildman–Crippen MR) is 67.1 cm³/mol. The maximum absolute atomic E-state index is 10.8. The molecule has 0 aliphatic heterocycles. The van der Waals surface area contributed by atoms with Crippen molar-refractivity contribution in [2.45, 2.75) is 12.5 Å². The summed E-state index contributed by atoms with van der Waals surface area (Å²) in [6.45, 7) is 0. The zero-order chi connectivity index (χ0) is 13.2. The van der Waals surface area contributed by atoms with Gasteiger partial charge in [-0.2, -0.15) is 0 Å². The lowest BCUT2D eigenvalue weighted by atomic mass is 10.0. The number of nitrogens with two attached hydrogens (primary N) is 1. The van der Waals surface area contributed by atoms with Crippen LogP contribution >= 0.6 is 22.6 Å². The molecule has 17 heavy (non-hydrogen) atoms. The number of rotatable bonds is 4. The quantitative estimate of drug-likeness (QED) is 0.591. The van der Waals surface area contributed by atoms with Crippen molar-refractivity contribution in [1.82, 2.24) is 0 Å². The molecule has 7 heteroatoms. The molecular weight excluding hydrogens is 341 g/mol. The number of aliphatic carboxylic acids is 1. The van der Waals surface area contributed by atoms with E-state index in [0.717, 1.165) is 0 Å². The normalized spacial score (nSPS) is 12.1. The average molecular weight is 351 g/mol. The fourth-order valence-electron chi connectivity index (χ4n) is 1.28. The Morgan fingerprint density at radius 1 is 1.35 bits per heavy atom. The highest BCUT2D eigenvalue weighted by molar-refractivity contribution is 14.1. The number of aromatic carboxylic acids is 1. The minimum atomic E-state index is -1.27. The van der Waals surface area contributed by atoms with Crippen LogP contribution in [-0.2, 0) is 11.2 Å². The van der Waals surface area contributed by atoms with Gasteiger partial charge in [0, 0.05) is 0 Å². The predicted octanol–water partition coefficient (Wildman–Crippen LogP) is 0.649. The fraction of sp³-hybridized carbons (Fsp3) is 0.200. The maximum Gasteiger partial charge on any atom is 0.339 e. The first-order chi connectivity index (χ1) is 7.82. The van der Waals surface area contributed by atoms with Crippen LogP contribution < -0.4 is 5.73 Å². The third-order valence-corrected chi connectivity index (χ3v) is 2.95. The van der Waals surface area contributed by atoms with E-state index in [1.54, 1.807) is 22.6 Å². The molecule has 1 aromatic rings. The van der Waals surface area contributed by atoms with Crippen LogP contribution in [-0.4, -0.2) is 33.3 Å². The number of phenols is 1. The molecule has 1 aromatic carbocycles. The van der Waals surface area contributed by atoms with Gasteiger partial charge in [-0.25, -0.2) is 4.79 Å². The molecule has 0 fully saturated rings. The van der Waals surface area contributed by atoms with Crippen molar-refractivity contribution in [3.8, 4) is 5.75 Å². The zero-order valence-electron chi connectivity index (χ0n) is 8.55. The molecule has 1 rings (SSSR count). The molecule has 0 aliphatic carbocycles. The van der Waals surface area contributed by atoms with Gasteiger partial charge in [-0.15, -0.1) is 0 Å². The smallest absolute Gasteiger partial charge is 0.339 e. The van der Waals surface area contributed by atoms with E-state index < -0.39 is 18.0 Å². The summed E-state index contributed by atoms with van der Waals surface area (Å²) in [5.74, 6) is -2.76. The Bertz CT molecular complexity index is 474. The summed E-state index contributed by atoms with van der Waals surface area (Å²) in [5, 5.41) is 27.0. The van der Waals surface area contributed by atoms with Crippen LogP contribution in [0.3, 0.4) is 0 Å². The van der Waals surface area contributed by atoms with Gasteiger partial charge in [0.25, 0.3) is 0 Å². The van der Waals surface area contributed by atoms with Crippen LogP contribution in [0.2, 0.25) is 0 Å². The van der Waals surface area contributed by atoms with Gasteiger partial charge in [0.1, 0.15) is 17.4 Å². The minimum Gasteiger partial charge on any atom is -0.506 e. The van der Waals surface area contributed by atoms with Gasteiger partial charge in [0.2, 0.25) is 0 Å². The average Bonchev–Trinajstić information content (AvgIpc) is 2.22. The van der Waals surface area contributed by atoms with E-state index in [1.807, 2.05) is 0 Å². The van der Waals surface area contributed by atoms with Crippen molar-refractivity contribution in [3.05, 3.63) is 26.8 Å². The van der Waals surface area contributed by atoms with Crippen LogP contribution in [0.25, 0.3) is 0 Å². The Hall–Kier alpha value is -1.35. The summed E-state index contributed by atoms with van der Waals surface area (Å²) in [5.41, 5.74) is 5.55. The van der Waals surface area contributed by atoms with E-state index in [0.29, 0.717) is 9.13 Å². The van der Waals surface area contributed by atoms with Crippen molar-refractivity contribution < 1.29 is 24.9 Å². The van der Waals surface area contributed by atoms with Gasteiger partial charge < -0.3 is 21.1 Å². The molecule has 0 amide bonds. The van der Waals surface area contributed by atoms with E-state index in [2.05, 4.69) is 0 Å². The molecule has 0 aromatic heterocycles. The Balaban J connectivity index is 3.11. The number of aromatic hydroxyl groups is 1. The Kier molecular flexibility index (Phi) is 4.29. The molecule has 5 N–H and O–H groups in total. The van der Waals surface area contributed by atoms with Crippen molar-refractivity contribution in [1.29, 1.82) is 0 Å². The maximum atomic E-state index is 10.8. The summed E-state index contributed by atoms with van der Waals surface area (Å²) >= 11 is 1.77. The molecule has 6 nitrogen and oxygen atoms in total. The first-order valence-electron chi connectivity index (χ1n) is 4.56. The summed E-state index contributed by atoms with van der Waals surface area (Å²) in [6.07, 6.45) is 0.00585. The van der Waals surface area contributed by atoms with E-state index in [9.17, 15) is 14.7 Å². The van der Waals surface area contributed by atoms with Crippen molar-refractivity contribution in [2.24, 2.45) is 5.73 Å². The molecule has 0 radical (unpaired) electrons. The van der Waals surface area contributed by atoms with Crippen LogP contribution in [0.5, 0.6) is 5.75 Å². The second kappa shape index (κ2) is 5.32. The van der Waals surface area contributed by atoms with E-state index in [4.69, 9.17) is 15.9 Å². The summed E-state index contributed by atoms with van der Waals surface area (Å²) in [4.78, 5) is 21.4. The van der Waals surface area contributed by atoms with Gasteiger partial charge >= 0.3 is 11.9 Å². The van der Waals surface area contributed by atoms with Crippen LogP contribution in [0.4, 0.5) is 0 Å². The number of carboxylic acids is 2. The van der Waals surface area contributed by atoms with Gasteiger partial charge in [-0.3, -0.25) is 4.79 Å². The van der Waals surface area contributed by atoms with Crippen molar-refractivity contribution >= 4 is 34.5 Å². The third kappa shape index (κ3) is 3.30. The largest absolute Gasteiger partial charge is 0.506 e. The highest BCUT2D eigenvalue weighted by atomic mass is 127. The number of benzene rings is 1. The first-order valence-corrected chi connectivity index (χ1v) is 5.64. The van der Waals surface area contributed by atoms with Gasteiger partial charge in [0.15, 0.2) is 0 Å². The number of hydrogen-bond acceptors (Lipinski definition) is 4. The molecule has 92 valence electrons. The lowest BCUT2D eigenvalue weighted by Gasteiger charge is -2.09. The first kappa shape index (κ1) is 13.7. The molecular formula is C10H10INO5. The van der Waals surface area contributed by atoms with Crippen LogP contribution in [0, 0.1) is 3.57 Å². The zero-order valence-corrected chi connectivity index (χ0v) is 10.7. The summed E-state index contributed by atoms with van der Waals surface area (Å²) in [6, 6.07) is 1.63. The molecule has 1 unspecified atom stereocenters. The topological polar surface area (TPSA) is 121 Å². The minimum absolute atomic E-state index is 0.00585. The van der Waals surface area contributed by atoms with Crippen molar-refractivity contribution in [3.63, 3.8) is 0 Å². The molecule has 0 aliphatic rings. The van der Waals surface area contributed by atoms with Gasteiger partial charge in [-0.1, -0.05) is 0 Å². The Morgan fingerprint density at radius 3 is 2.41 bits per heavy atom. The molecule has 0 bridgehead atoms. The summed E-state index contributed by atoms with van der Waals surface area (Å²) in [7, 11) is 0. The van der Waals surface area contributed by atoms with Crippen LogP contribution in [0.1, 0.15) is 15.9 Å². The monoisotopic (exact) mass is 351 g/mol. The Morgan fingerprint density at radius 2 is 1.94 bits per heavy atom. The second-order valence-corrected chi connectivity index (χ2v) is 4.59. The molecule has 0 heterocycles. The fourth-order valence-corrected chi connectivity index (χ4v) is 1.97. The highest BCUT2D eigenvalue weighted by Gasteiger charge is 2.17. The van der Waals surface area contributed by atoms with Crippen molar-refractivity contribution in [2.75, 3.05) is 0 Å². The number of carboxylic acid groups (broad SMARTS) is 2. The Labute approximate surface area is 110 Å². The van der Waals surface area contributed by atoms with E-state index in [1.165, 1.54) is 12.1 Å². The van der Waals surface area contributed by atoms with Crippen LogP contribution in [0.15, 0.2) is 12.1 Å². The number of halogens is 1. The standard InChI is InChI=1S/C10H10INO5/c11-6-2-4(3-7(12)10(16)17)1-5(8(6)13)9(14)15/h1-2,7,13H,3,12H2,(H,14,15)(H,16,17). The lowest BCUT2D eigenvalue weighted by Crippen LogP contribution is -2.32. The molecule has 0 saturated heterocycles.